The van der Waals surface area contributed by atoms with Crippen LogP contribution in [0.4, 0.5) is 0 Å². The quantitative estimate of drug-likeness (QED) is 0.481. The Morgan fingerprint density at radius 3 is 2.71 bits per heavy atom. The van der Waals surface area contributed by atoms with E-state index in [0.717, 1.165) is 0 Å². The number of aliphatic hydroxyl groups excluding tert-OH is 2. The molecule has 2 aliphatic heterocycles. The lowest BCUT2D eigenvalue weighted by molar-refractivity contribution is -0.154. The Bertz CT molecular complexity index is 1090. The van der Waals surface area contributed by atoms with Gasteiger partial charge in [0.1, 0.15) is 43.0 Å². The molecule has 11 nitrogen and oxygen atoms in total. The molecule has 2 heterocycles. The zero-order chi connectivity index (χ0) is 25.6. The van der Waals surface area contributed by atoms with Crippen molar-refractivity contribution in [3.05, 3.63) is 60.3 Å². The number of carbonyl (C=O) groups is 2. The predicted octanol–water partition coefficient (Wildman–Crippen LogP) is 0.726. The second-order valence-corrected chi connectivity index (χ2v) is 8.25. The summed E-state index contributed by atoms with van der Waals surface area (Å²) in [6, 6.07) is 10.4. The Morgan fingerprint density at radius 2 is 2.09 bits per heavy atom. The molecular weight excluding hydrogens is 454 g/mol. The number of nitrogens with zero attached hydrogens (tertiary/aromatic N) is 4. The number of hydrazone groups is 1. The van der Waals surface area contributed by atoms with Gasteiger partial charge in [-0.3, -0.25) is 14.6 Å². The molecule has 1 saturated heterocycles. The Labute approximate surface area is 202 Å². The summed E-state index contributed by atoms with van der Waals surface area (Å²) in [6.07, 6.45) is -0.102. The molecule has 0 aliphatic carbocycles. The maximum atomic E-state index is 12.6. The fourth-order valence-electron chi connectivity index (χ4n) is 3.50. The van der Waals surface area contributed by atoms with Crippen molar-refractivity contribution in [1.82, 2.24) is 10.3 Å². The normalized spacial score (nSPS) is 26.9. The summed E-state index contributed by atoms with van der Waals surface area (Å²) in [6.45, 7) is 6.31. The third-order valence-electron chi connectivity index (χ3n) is 5.42. The molecule has 4 atom stereocenters. The highest BCUT2D eigenvalue weighted by Crippen LogP contribution is 2.33. The lowest BCUT2D eigenvalue weighted by atomic mass is 9.95. The van der Waals surface area contributed by atoms with Crippen LogP contribution in [0, 0.1) is 17.2 Å². The topological polar surface area (TPSA) is 157 Å². The van der Waals surface area contributed by atoms with Crippen LogP contribution in [0.25, 0.3) is 0 Å². The zero-order valence-corrected chi connectivity index (χ0v) is 19.4. The van der Waals surface area contributed by atoms with E-state index >= 15 is 0 Å². The van der Waals surface area contributed by atoms with Crippen LogP contribution in [-0.2, 0) is 14.3 Å². The number of hydrogen-bond donors (Lipinski definition) is 3. The molecule has 1 fully saturated rings. The summed E-state index contributed by atoms with van der Waals surface area (Å²) < 4.78 is 10.9. The van der Waals surface area contributed by atoms with Crippen molar-refractivity contribution < 1.29 is 29.3 Å². The summed E-state index contributed by atoms with van der Waals surface area (Å²) in [7, 11) is 0. The minimum Gasteiger partial charge on any atom is -0.463 e. The number of nitriles is 1. The summed E-state index contributed by atoms with van der Waals surface area (Å²) >= 11 is 0. The maximum absolute atomic E-state index is 12.6. The third-order valence-corrected chi connectivity index (χ3v) is 5.42. The minimum absolute atomic E-state index is 0.136. The first-order valence-corrected chi connectivity index (χ1v) is 10.9. The highest BCUT2D eigenvalue weighted by atomic mass is 16.6. The van der Waals surface area contributed by atoms with Gasteiger partial charge >= 0.3 is 5.97 Å². The predicted molar refractivity (Wildman–Crippen MR) is 126 cm³/mol. The van der Waals surface area contributed by atoms with Crippen molar-refractivity contribution in [1.29, 1.82) is 5.26 Å². The van der Waals surface area contributed by atoms with Crippen LogP contribution in [0.15, 0.2) is 64.9 Å². The van der Waals surface area contributed by atoms with Crippen LogP contribution in [0.5, 0.6) is 0 Å². The van der Waals surface area contributed by atoms with Crippen LogP contribution in [0.1, 0.15) is 24.2 Å². The molecule has 1 amide bonds. The van der Waals surface area contributed by atoms with E-state index in [-0.39, 0.29) is 24.7 Å². The highest BCUT2D eigenvalue weighted by Gasteiger charge is 2.56. The van der Waals surface area contributed by atoms with Gasteiger partial charge in [0.25, 0.3) is 5.91 Å². The van der Waals surface area contributed by atoms with Crippen molar-refractivity contribution in [3.63, 3.8) is 0 Å². The number of aliphatic imine (C=N–C) groups is 1. The van der Waals surface area contributed by atoms with E-state index in [4.69, 9.17) is 9.47 Å². The van der Waals surface area contributed by atoms with Gasteiger partial charge in [-0.1, -0.05) is 44.7 Å². The molecule has 3 N–H and O–H groups in total. The summed E-state index contributed by atoms with van der Waals surface area (Å²) in [5, 5.41) is 39.3. The number of benzene rings is 1. The van der Waals surface area contributed by atoms with Gasteiger partial charge in [0.05, 0.1) is 12.5 Å². The van der Waals surface area contributed by atoms with E-state index in [9.17, 15) is 25.1 Å². The Balaban J connectivity index is 1.78. The lowest BCUT2D eigenvalue weighted by Gasteiger charge is -2.32. The van der Waals surface area contributed by atoms with Gasteiger partial charge in [-0.15, -0.1) is 0 Å². The Morgan fingerprint density at radius 1 is 1.37 bits per heavy atom. The first-order chi connectivity index (χ1) is 16.7. The molecule has 35 heavy (non-hydrogen) atoms. The number of amidine groups is 1. The number of carbonyl (C=O) groups excluding carboxylic acids is 2. The second kappa shape index (κ2) is 11.1. The number of nitrogens with one attached hydrogen (secondary N) is 1. The van der Waals surface area contributed by atoms with E-state index < -0.39 is 41.7 Å². The zero-order valence-electron chi connectivity index (χ0n) is 19.4. The molecule has 184 valence electrons. The number of rotatable bonds is 7. The molecular formula is C24H27N5O6. The van der Waals surface area contributed by atoms with Crippen molar-refractivity contribution in [3.8, 4) is 6.07 Å². The summed E-state index contributed by atoms with van der Waals surface area (Å²) in [4.78, 5) is 28.6. The van der Waals surface area contributed by atoms with Crippen LogP contribution < -0.4 is 5.32 Å². The summed E-state index contributed by atoms with van der Waals surface area (Å²) in [5.41, 5.74) is -1.23. The second-order valence-electron chi connectivity index (χ2n) is 8.25. The van der Waals surface area contributed by atoms with Gasteiger partial charge in [0, 0.05) is 5.56 Å². The van der Waals surface area contributed by atoms with Gasteiger partial charge < -0.3 is 25.0 Å². The van der Waals surface area contributed by atoms with Crippen molar-refractivity contribution in [2.45, 2.75) is 37.8 Å². The number of hydrogen-bond acceptors (Lipinski definition) is 10. The third kappa shape index (κ3) is 5.63. The van der Waals surface area contributed by atoms with Gasteiger partial charge in [-0.25, -0.2) is 4.99 Å². The smallest absolute Gasteiger partial charge is 0.308 e. The van der Waals surface area contributed by atoms with Crippen LogP contribution in [0.2, 0.25) is 0 Å². The summed E-state index contributed by atoms with van der Waals surface area (Å²) in [5.74, 6) is -1.17. The first-order valence-electron chi connectivity index (χ1n) is 10.9. The average molecular weight is 482 g/mol. The van der Waals surface area contributed by atoms with Gasteiger partial charge in [-0.2, -0.15) is 10.4 Å². The van der Waals surface area contributed by atoms with Gasteiger partial charge in [-0.05, 0) is 18.2 Å². The largest absolute Gasteiger partial charge is 0.463 e. The standard InChI is InChI=1S/C24H27N5O6/c1-4-8-17-21(28-22(32)16-9-6-5-7-10-16)26-14-27-29(17)13-24(12-25)20(31)19(30)18(35-24)11-34-23(33)15(2)3/h4-10,14-15,18-20,30-31H,1,11,13H2,2-3H3,(H,26,27,28,32)/b17-8-/t18-,19-,20-,24?/m1/s1. The molecule has 1 unspecified atom stereocenters. The van der Waals surface area contributed by atoms with Crippen molar-refractivity contribution in [2.24, 2.45) is 16.0 Å². The van der Waals surface area contributed by atoms with Gasteiger partial charge in [0.2, 0.25) is 5.60 Å². The Kier molecular flexibility index (Phi) is 8.14. The first kappa shape index (κ1) is 25.8. The average Bonchev–Trinajstić information content (AvgIpc) is 3.09. The van der Waals surface area contributed by atoms with Crippen LogP contribution in [0.3, 0.4) is 0 Å². The molecule has 0 spiro atoms. The molecule has 3 rings (SSSR count). The van der Waals surface area contributed by atoms with Crippen LogP contribution >= 0.6 is 0 Å². The molecule has 0 bridgehead atoms. The van der Waals surface area contributed by atoms with E-state index in [2.05, 4.69) is 22.0 Å². The van der Waals surface area contributed by atoms with E-state index in [1.54, 1.807) is 44.2 Å². The monoisotopic (exact) mass is 481 g/mol. The molecule has 0 aromatic heterocycles. The fourth-order valence-corrected chi connectivity index (χ4v) is 3.50. The Hall–Kier alpha value is -3.85. The van der Waals surface area contributed by atoms with E-state index in [0.29, 0.717) is 5.56 Å². The van der Waals surface area contributed by atoms with Crippen molar-refractivity contribution >= 4 is 24.1 Å². The van der Waals surface area contributed by atoms with E-state index in [1.807, 2.05) is 6.07 Å². The van der Waals surface area contributed by atoms with E-state index in [1.165, 1.54) is 23.5 Å². The number of amides is 1. The molecule has 1 aromatic carbocycles. The highest BCUT2D eigenvalue weighted by molar-refractivity contribution is 6.14. The molecule has 11 heteroatoms. The van der Waals surface area contributed by atoms with Gasteiger partial charge in [0.15, 0.2) is 5.84 Å². The number of esters is 1. The minimum atomic E-state index is -1.92. The van der Waals surface area contributed by atoms with Crippen molar-refractivity contribution in [2.75, 3.05) is 13.2 Å². The molecule has 0 radical (unpaired) electrons. The molecule has 1 aromatic rings. The van der Waals surface area contributed by atoms with Crippen LogP contribution in [-0.4, -0.2) is 76.3 Å². The molecule has 2 aliphatic rings. The SMILES string of the molecule is C=C/C=C1/C(NC(=O)c2ccccc2)=NC=NN1CC1(C#N)O[C@H](COC(=O)C(C)C)[C@@H](O)[C@H]1O. The number of aliphatic hydroxyl groups is 2. The fraction of sp³-hybridized carbons (Fsp3) is 0.375. The lowest BCUT2D eigenvalue weighted by Crippen LogP contribution is -2.51. The number of allylic oxidation sites excluding steroid dienone is 2. The molecule has 0 saturated carbocycles. The number of ether oxygens (including phenoxy) is 2. The maximum Gasteiger partial charge on any atom is 0.308 e.